The number of hydrogen-bond donors (Lipinski definition) is 1. The van der Waals surface area contributed by atoms with Gasteiger partial charge in [0.25, 0.3) is 0 Å². The molecule has 0 unspecified atom stereocenters. The molecule has 136 valence electrons. The molecule has 0 aliphatic carbocycles. The number of benzene rings is 3. The zero-order chi connectivity index (χ0) is 19.4. The van der Waals surface area contributed by atoms with Crippen molar-refractivity contribution in [2.75, 3.05) is 0 Å². The first-order valence-corrected chi connectivity index (χ1v) is 8.75. The van der Waals surface area contributed by atoms with Crippen LogP contribution in [-0.4, -0.2) is 5.11 Å². The highest BCUT2D eigenvalue weighted by molar-refractivity contribution is 6.07. The summed E-state index contributed by atoms with van der Waals surface area (Å²) < 4.78 is 10.8. The standard InChI is InChI=1S/C23H14O5/c1-12-19(24)8-7-15-16(11-21(25)28-22(12)15)18-10-17-14-5-3-2-4-13(14)6-9-20(17)27-23(18)26/h2-11,24H,1H3. The zero-order valence-electron chi connectivity index (χ0n) is 14.9. The molecule has 5 aromatic rings. The van der Waals surface area contributed by atoms with E-state index in [-0.39, 0.29) is 16.9 Å². The Kier molecular flexibility index (Phi) is 3.39. The summed E-state index contributed by atoms with van der Waals surface area (Å²) in [4.78, 5) is 24.9. The van der Waals surface area contributed by atoms with E-state index in [9.17, 15) is 14.7 Å². The van der Waals surface area contributed by atoms with E-state index in [0.717, 1.165) is 16.2 Å². The predicted octanol–water partition coefficient (Wildman–Crippen LogP) is 4.73. The molecule has 28 heavy (non-hydrogen) atoms. The lowest BCUT2D eigenvalue weighted by Crippen LogP contribution is -2.06. The van der Waals surface area contributed by atoms with E-state index < -0.39 is 11.3 Å². The van der Waals surface area contributed by atoms with Crippen LogP contribution in [0.25, 0.3) is 43.8 Å². The third-order valence-electron chi connectivity index (χ3n) is 5.06. The number of rotatable bonds is 1. The first-order valence-electron chi connectivity index (χ1n) is 8.75. The fourth-order valence-corrected chi connectivity index (χ4v) is 3.63. The van der Waals surface area contributed by atoms with E-state index in [1.54, 1.807) is 25.1 Å². The monoisotopic (exact) mass is 370 g/mol. The summed E-state index contributed by atoms with van der Waals surface area (Å²) in [5.41, 5.74) is 0.708. The molecule has 0 atom stereocenters. The van der Waals surface area contributed by atoms with Crippen molar-refractivity contribution in [3.05, 3.63) is 87.1 Å². The summed E-state index contributed by atoms with van der Waals surface area (Å²) >= 11 is 0. The van der Waals surface area contributed by atoms with E-state index in [2.05, 4.69) is 0 Å². The maximum atomic E-state index is 12.7. The van der Waals surface area contributed by atoms with Gasteiger partial charge in [-0.05, 0) is 42.0 Å². The second-order valence-electron chi connectivity index (χ2n) is 6.71. The van der Waals surface area contributed by atoms with Gasteiger partial charge in [0.1, 0.15) is 16.9 Å². The summed E-state index contributed by atoms with van der Waals surface area (Å²) in [7, 11) is 0. The second kappa shape index (κ2) is 5.82. The van der Waals surface area contributed by atoms with Crippen molar-refractivity contribution in [2.24, 2.45) is 0 Å². The van der Waals surface area contributed by atoms with E-state index in [0.29, 0.717) is 22.1 Å². The van der Waals surface area contributed by atoms with Gasteiger partial charge in [0.15, 0.2) is 0 Å². The Labute approximate surface area is 158 Å². The third-order valence-corrected chi connectivity index (χ3v) is 5.06. The quantitative estimate of drug-likeness (QED) is 0.341. The largest absolute Gasteiger partial charge is 0.508 e. The van der Waals surface area contributed by atoms with Gasteiger partial charge in [-0.15, -0.1) is 0 Å². The molecule has 0 aliphatic heterocycles. The van der Waals surface area contributed by atoms with Crippen LogP contribution in [0, 0.1) is 6.92 Å². The molecule has 2 heterocycles. The highest BCUT2D eigenvalue weighted by Gasteiger charge is 2.16. The van der Waals surface area contributed by atoms with E-state index in [1.165, 1.54) is 12.1 Å². The van der Waals surface area contributed by atoms with E-state index in [4.69, 9.17) is 8.83 Å². The fraction of sp³-hybridized carbons (Fsp3) is 0.0435. The summed E-state index contributed by atoms with van der Waals surface area (Å²) in [5, 5.41) is 13.3. The first kappa shape index (κ1) is 16.3. The summed E-state index contributed by atoms with van der Waals surface area (Å²) in [6, 6.07) is 17.6. The molecular weight excluding hydrogens is 356 g/mol. The Morgan fingerprint density at radius 1 is 0.786 bits per heavy atom. The van der Waals surface area contributed by atoms with Crippen molar-refractivity contribution in [2.45, 2.75) is 6.92 Å². The van der Waals surface area contributed by atoms with Gasteiger partial charge >= 0.3 is 11.3 Å². The van der Waals surface area contributed by atoms with Crippen molar-refractivity contribution >= 4 is 32.7 Å². The SMILES string of the molecule is Cc1c(O)ccc2c(-c3cc4c(ccc5ccccc54)oc3=O)cc(=O)oc12. The lowest BCUT2D eigenvalue weighted by atomic mass is 9.99. The van der Waals surface area contributed by atoms with E-state index in [1.807, 2.05) is 30.3 Å². The molecule has 3 aromatic carbocycles. The fourth-order valence-electron chi connectivity index (χ4n) is 3.63. The van der Waals surface area contributed by atoms with Gasteiger partial charge in [0, 0.05) is 28.0 Å². The lowest BCUT2D eigenvalue weighted by Gasteiger charge is -2.09. The van der Waals surface area contributed by atoms with Crippen molar-refractivity contribution < 1.29 is 13.9 Å². The van der Waals surface area contributed by atoms with Crippen LogP contribution in [0.5, 0.6) is 5.75 Å². The molecule has 0 saturated carbocycles. The van der Waals surface area contributed by atoms with Crippen molar-refractivity contribution in [3.8, 4) is 16.9 Å². The third kappa shape index (κ3) is 2.33. The molecule has 0 radical (unpaired) electrons. The van der Waals surface area contributed by atoms with Gasteiger partial charge < -0.3 is 13.9 Å². The van der Waals surface area contributed by atoms with E-state index >= 15 is 0 Å². The minimum absolute atomic E-state index is 0.0179. The van der Waals surface area contributed by atoms with Gasteiger partial charge in [-0.25, -0.2) is 9.59 Å². The Morgan fingerprint density at radius 3 is 2.46 bits per heavy atom. The van der Waals surface area contributed by atoms with Crippen molar-refractivity contribution in [1.29, 1.82) is 0 Å². The minimum atomic E-state index is -0.603. The second-order valence-corrected chi connectivity index (χ2v) is 6.71. The molecule has 0 spiro atoms. The molecule has 1 N–H and O–H groups in total. The van der Waals surface area contributed by atoms with Gasteiger partial charge in [-0.2, -0.15) is 0 Å². The van der Waals surface area contributed by atoms with Crippen molar-refractivity contribution in [3.63, 3.8) is 0 Å². The first-order chi connectivity index (χ1) is 13.5. The smallest absolute Gasteiger partial charge is 0.344 e. The molecular formula is C23H14O5. The topological polar surface area (TPSA) is 80.7 Å². The van der Waals surface area contributed by atoms with Crippen LogP contribution in [0.3, 0.4) is 0 Å². The molecule has 0 fully saturated rings. The number of phenolic OH excluding ortho intramolecular Hbond substituents is 1. The molecule has 5 heteroatoms. The van der Waals surface area contributed by atoms with Crippen LogP contribution in [-0.2, 0) is 0 Å². The average molecular weight is 370 g/mol. The van der Waals surface area contributed by atoms with Crippen LogP contribution < -0.4 is 11.3 Å². The Bertz CT molecular complexity index is 1520. The minimum Gasteiger partial charge on any atom is -0.508 e. The highest BCUT2D eigenvalue weighted by Crippen LogP contribution is 2.33. The van der Waals surface area contributed by atoms with Crippen LogP contribution >= 0.6 is 0 Å². The van der Waals surface area contributed by atoms with Crippen LogP contribution in [0.15, 0.2) is 79.1 Å². The molecule has 0 bridgehead atoms. The molecule has 2 aromatic heterocycles. The van der Waals surface area contributed by atoms with Gasteiger partial charge in [0.2, 0.25) is 0 Å². The molecule has 0 aliphatic rings. The Balaban J connectivity index is 1.93. The molecule has 5 rings (SSSR count). The van der Waals surface area contributed by atoms with Crippen LogP contribution in [0.4, 0.5) is 0 Å². The van der Waals surface area contributed by atoms with Gasteiger partial charge in [0.05, 0.1) is 5.56 Å². The molecule has 0 amide bonds. The summed E-state index contributed by atoms with van der Waals surface area (Å²) in [6.45, 7) is 1.65. The normalized spacial score (nSPS) is 11.5. The number of aromatic hydroxyl groups is 1. The summed E-state index contributed by atoms with van der Waals surface area (Å²) in [5.74, 6) is 0.0179. The van der Waals surface area contributed by atoms with Gasteiger partial charge in [-0.3, -0.25) is 0 Å². The Hall–Kier alpha value is -3.86. The number of fused-ring (bicyclic) bond motifs is 4. The number of aryl methyl sites for hydroxylation is 1. The van der Waals surface area contributed by atoms with Crippen molar-refractivity contribution in [1.82, 2.24) is 0 Å². The predicted molar refractivity (Wildman–Crippen MR) is 108 cm³/mol. The average Bonchev–Trinajstić information content (AvgIpc) is 2.70. The van der Waals surface area contributed by atoms with Crippen LogP contribution in [0.2, 0.25) is 0 Å². The molecule has 0 saturated heterocycles. The van der Waals surface area contributed by atoms with Crippen LogP contribution in [0.1, 0.15) is 5.56 Å². The maximum absolute atomic E-state index is 12.7. The highest BCUT2D eigenvalue weighted by atomic mass is 16.4. The Morgan fingerprint density at radius 2 is 1.61 bits per heavy atom. The molecule has 5 nitrogen and oxygen atoms in total. The number of phenols is 1. The zero-order valence-corrected chi connectivity index (χ0v) is 14.9. The lowest BCUT2D eigenvalue weighted by molar-refractivity contribution is 0.468. The maximum Gasteiger partial charge on any atom is 0.344 e. The number of hydrogen-bond acceptors (Lipinski definition) is 5. The summed E-state index contributed by atoms with van der Waals surface area (Å²) in [6.07, 6.45) is 0. The van der Waals surface area contributed by atoms with Gasteiger partial charge in [-0.1, -0.05) is 30.3 Å².